The first-order valence-corrected chi connectivity index (χ1v) is 28.4. The summed E-state index contributed by atoms with van der Waals surface area (Å²) in [4.78, 5) is 7.77. The molecule has 0 N–H and O–H groups in total. The van der Waals surface area contributed by atoms with Gasteiger partial charge in [-0.05, 0) is 167 Å². The van der Waals surface area contributed by atoms with Gasteiger partial charge in [-0.2, -0.15) is 0 Å². The molecule has 0 saturated heterocycles. The van der Waals surface area contributed by atoms with Crippen molar-refractivity contribution in [3.63, 3.8) is 0 Å². The van der Waals surface area contributed by atoms with Crippen molar-refractivity contribution in [3.05, 3.63) is 253 Å². The van der Waals surface area contributed by atoms with Crippen molar-refractivity contribution in [1.29, 1.82) is 0 Å². The molecule has 0 radical (unpaired) electrons. The molecule has 4 heteroatoms. The van der Waals surface area contributed by atoms with Crippen LogP contribution in [0.3, 0.4) is 0 Å². The number of benzene rings is 10. The Balaban J connectivity index is 1.23. The Bertz CT molecular complexity index is 3900. The molecule has 3 aliphatic rings. The van der Waals surface area contributed by atoms with Crippen LogP contribution in [-0.4, -0.2) is 6.71 Å². The van der Waals surface area contributed by atoms with Gasteiger partial charge in [0.1, 0.15) is 0 Å². The molecule has 0 amide bonds. The van der Waals surface area contributed by atoms with E-state index >= 15 is 0 Å². The predicted octanol–water partition coefficient (Wildman–Crippen LogP) is 18.8. The quantitative estimate of drug-likeness (QED) is 0.140. The van der Waals surface area contributed by atoms with Gasteiger partial charge in [0.25, 0.3) is 6.71 Å². The lowest BCUT2D eigenvalue weighted by molar-refractivity contribution is 0.403. The van der Waals surface area contributed by atoms with Gasteiger partial charge in [0.15, 0.2) is 0 Å². The summed E-state index contributed by atoms with van der Waals surface area (Å²) in [6.45, 7) is 23.9. The maximum Gasteiger partial charge on any atom is 0.252 e. The molecule has 10 aromatic rings. The molecule has 79 heavy (non-hydrogen) atoms. The summed E-state index contributed by atoms with van der Waals surface area (Å²) < 4.78 is 0. The third kappa shape index (κ3) is 8.59. The van der Waals surface area contributed by atoms with Crippen molar-refractivity contribution in [3.8, 4) is 33.4 Å². The molecule has 2 heterocycles. The number of nitrogens with zero attached hydrogens (tertiary/aromatic N) is 3. The van der Waals surface area contributed by atoms with Crippen LogP contribution in [0.4, 0.5) is 51.2 Å². The second-order valence-corrected chi connectivity index (χ2v) is 25.7. The van der Waals surface area contributed by atoms with E-state index in [0.29, 0.717) is 0 Å². The highest BCUT2D eigenvalue weighted by atomic mass is 15.2. The topological polar surface area (TPSA) is 9.72 Å². The summed E-state index contributed by atoms with van der Waals surface area (Å²) in [5.41, 5.74) is 26.8. The average Bonchev–Trinajstić information content (AvgIpc) is 2.89. The van der Waals surface area contributed by atoms with E-state index in [2.05, 4.69) is 314 Å². The minimum atomic E-state index is -0.177. The van der Waals surface area contributed by atoms with Crippen LogP contribution < -0.4 is 31.1 Å². The van der Waals surface area contributed by atoms with Crippen LogP contribution in [0.1, 0.15) is 97.9 Å². The number of hydrogen-bond acceptors (Lipinski definition) is 3. The predicted molar refractivity (Wildman–Crippen MR) is 340 cm³/mol. The Morgan fingerprint density at radius 1 is 0.380 bits per heavy atom. The summed E-state index contributed by atoms with van der Waals surface area (Å²) in [5, 5.41) is 0. The van der Waals surface area contributed by atoms with Crippen molar-refractivity contribution in [2.24, 2.45) is 0 Å². The Morgan fingerprint density at radius 2 is 0.873 bits per heavy atom. The Labute approximate surface area is 470 Å². The maximum absolute atomic E-state index is 2.69. The van der Waals surface area contributed by atoms with Crippen LogP contribution in [-0.2, 0) is 21.7 Å². The van der Waals surface area contributed by atoms with Crippen LogP contribution in [0.5, 0.6) is 0 Å². The van der Waals surface area contributed by atoms with Crippen molar-refractivity contribution in [2.75, 3.05) is 14.7 Å². The minimum Gasteiger partial charge on any atom is -0.311 e. The summed E-state index contributed by atoms with van der Waals surface area (Å²) >= 11 is 0. The molecule has 0 fully saturated rings. The number of hydrogen-bond donors (Lipinski definition) is 0. The van der Waals surface area contributed by atoms with Gasteiger partial charge >= 0.3 is 0 Å². The van der Waals surface area contributed by atoms with Crippen molar-refractivity contribution in [1.82, 2.24) is 0 Å². The van der Waals surface area contributed by atoms with E-state index in [1.807, 2.05) is 0 Å². The summed E-state index contributed by atoms with van der Waals surface area (Å²) in [5.74, 6) is 0. The standard InChI is InChI=1S/C75H70BN3/c1-72(2,3)54-39-40-66(60(42-54)52-31-20-13-21-32-52)79-68-48-63-62(74(7,8)49-75(63,9)10)47-65(68)76-64-46-61(73(4,5)6)59(51-29-18-12-19-30-51)45-67(64)78(57-38-26-33-53(41-57)50-27-16-11-17-28-50)69-43-58(44-70(79)71(69)76)77(55-34-22-14-23-35-55)56-36-24-15-25-37-56/h11-48H,49H2,1-10H3. The summed E-state index contributed by atoms with van der Waals surface area (Å²) in [6, 6.07) is 87.0. The number of fused-ring (bicyclic) bond motifs is 5. The maximum atomic E-state index is 2.69. The third-order valence-electron chi connectivity index (χ3n) is 17.3. The summed E-state index contributed by atoms with van der Waals surface area (Å²) in [7, 11) is 0. The van der Waals surface area contributed by atoms with Crippen molar-refractivity contribution >= 4 is 74.3 Å². The molecule has 0 unspecified atom stereocenters. The molecule has 0 spiro atoms. The van der Waals surface area contributed by atoms with Crippen LogP contribution in [0.25, 0.3) is 33.4 Å². The van der Waals surface area contributed by atoms with Crippen molar-refractivity contribution < 1.29 is 0 Å². The zero-order valence-corrected chi connectivity index (χ0v) is 47.6. The van der Waals surface area contributed by atoms with Crippen LogP contribution in [0.15, 0.2) is 231 Å². The fourth-order valence-corrected chi connectivity index (χ4v) is 13.7. The highest BCUT2D eigenvalue weighted by molar-refractivity contribution is 7.00. The van der Waals surface area contributed by atoms with Gasteiger partial charge in [-0.1, -0.05) is 227 Å². The summed E-state index contributed by atoms with van der Waals surface area (Å²) in [6.07, 6.45) is 1.07. The molecular weight excluding hydrogens is 954 g/mol. The minimum absolute atomic E-state index is 0.0315. The van der Waals surface area contributed by atoms with Gasteiger partial charge in [0, 0.05) is 45.4 Å². The number of para-hydroxylation sites is 2. The van der Waals surface area contributed by atoms with Gasteiger partial charge in [-0.3, -0.25) is 0 Å². The molecule has 0 bridgehead atoms. The second kappa shape index (κ2) is 18.7. The fourth-order valence-electron chi connectivity index (χ4n) is 13.7. The van der Waals surface area contributed by atoms with Gasteiger partial charge in [-0.25, -0.2) is 0 Å². The molecule has 3 nitrogen and oxygen atoms in total. The zero-order chi connectivity index (χ0) is 54.6. The normalized spacial score (nSPS) is 14.8. The van der Waals surface area contributed by atoms with Crippen LogP contribution in [0, 0.1) is 0 Å². The van der Waals surface area contributed by atoms with Crippen LogP contribution in [0.2, 0.25) is 0 Å². The Morgan fingerprint density at radius 3 is 1.44 bits per heavy atom. The molecule has 0 atom stereocenters. The molecule has 388 valence electrons. The highest BCUT2D eigenvalue weighted by Crippen LogP contribution is 2.55. The van der Waals surface area contributed by atoms with E-state index in [-0.39, 0.29) is 28.4 Å². The second-order valence-electron chi connectivity index (χ2n) is 25.7. The number of rotatable bonds is 8. The average molecular weight is 1020 g/mol. The first-order valence-electron chi connectivity index (χ1n) is 28.4. The van der Waals surface area contributed by atoms with Gasteiger partial charge in [0.05, 0.1) is 11.4 Å². The van der Waals surface area contributed by atoms with Gasteiger partial charge < -0.3 is 14.7 Å². The molecule has 10 aromatic carbocycles. The Hall–Kier alpha value is -8.34. The lowest BCUT2D eigenvalue weighted by Crippen LogP contribution is -2.62. The molecule has 13 rings (SSSR count). The van der Waals surface area contributed by atoms with E-state index in [9.17, 15) is 0 Å². The van der Waals surface area contributed by atoms with Gasteiger partial charge in [-0.15, -0.1) is 0 Å². The first kappa shape index (κ1) is 50.2. The lowest BCUT2D eigenvalue weighted by atomic mass is 9.33. The van der Waals surface area contributed by atoms with E-state index in [0.717, 1.165) is 40.5 Å². The Kier molecular flexibility index (Phi) is 11.9. The lowest BCUT2D eigenvalue weighted by Gasteiger charge is -2.46. The first-order chi connectivity index (χ1) is 37.9. The smallest absolute Gasteiger partial charge is 0.252 e. The molecule has 2 aliphatic heterocycles. The van der Waals surface area contributed by atoms with E-state index in [4.69, 9.17) is 0 Å². The third-order valence-corrected chi connectivity index (χ3v) is 17.3. The van der Waals surface area contributed by atoms with E-state index in [1.54, 1.807) is 0 Å². The number of anilines is 9. The monoisotopic (exact) mass is 1020 g/mol. The SMILES string of the molecule is CC(C)(C)c1ccc(N2c3cc4c(cc3B3c5cc(C(C)(C)C)c(-c6ccccc6)cc5N(c5cccc(-c6ccccc6)c5)c5cc(N(c6ccccc6)c6ccccc6)cc2c53)C(C)(C)CC4(C)C)c(-c2ccccc2)c1. The molecular formula is C75H70BN3. The largest absolute Gasteiger partial charge is 0.311 e. The van der Waals surface area contributed by atoms with E-state index in [1.165, 1.54) is 89.1 Å². The molecule has 0 saturated carbocycles. The van der Waals surface area contributed by atoms with Crippen LogP contribution >= 0.6 is 0 Å². The van der Waals surface area contributed by atoms with Gasteiger partial charge in [0.2, 0.25) is 0 Å². The molecule has 1 aliphatic carbocycles. The zero-order valence-electron chi connectivity index (χ0n) is 47.6. The van der Waals surface area contributed by atoms with Crippen molar-refractivity contribution in [2.45, 2.75) is 97.3 Å². The molecule has 0 aromatic heterocycles. The van der Waals surface area contributed by atoms with E-state index < -0.39 is 0 Å². The highest BCUT2D eigenvalue weighted by Gasteiger charge is 2.49. The fraction of sp³-hybridized carbons (Fsp3) is 0.200.